The number of nitrogens with one attached hydrogen (secondary N) is 1. The van der Waals surface area contributed by atoms with Crippen molar-refractivity contribution in [2.24, 2.45) is 0 Å². The van der Waals surface area contributed by atoms with E-state index < -0.39 is 0 Å². The molecule has 2 aromatic carbocycles. The van der Waals surface area contributed by atoms with Crippen molar-refractivity contribution < 1.29 is 14.3 Å². The number of hydrogen-bond acceptors (Lipinski definition) is 5. The first kappa shape index (κ1) is 20.8. The van der Waals surface area contributed by atoms with Gasteiger partial charge in [0.15, 0.2) is 5.13 Å². The summed E-state index contributed by atoms with van der Waals surface area (Å²) < 4.78 is 5.44. The minimum Gasteiger partial charge on any atom is -0.459 e. The van der Waals surface area contributed by atoms with Crippen LogP contribution >= 0.6 is 11.3 Å². The van der Waals surface area contributed by atoms with E-state index in [1.165, 1.54) is 18.3 Å². The standard InChI is InChI=1S/C24H23N3O3S/c1-15-7-6-10-22(16(15)2)27(17(3)28)24-26-19(14-31-24)13-30-23(29)11-18-12-25-21-9-5-4-8-20(18)21/h4-10,12,14,25H,11,13H2,1-3H3. The molecule has 0 atom stereocenters. The average molecular weight is 434 g/mol. The van der Waals surface area contributed by atoms with Crippen LogP contribution in [0.2, 0.25) is 0 Å². The molecule has 0 saturated carbocycles. The molecule has 7 heteroatoms. The molecule has 0 unspecified atom stereocenters. The van der Waals surface area contributed by atoms with Gasteiger partial charge in [0.25, 0.3) is 0 Å². The Kier molecular flexibility index (Phi) is 5.86. The summed E-state index contributed by atoms with van der Waals surface area (Å²) in [7, 11) is 0. The molecule has 0 radical (unpaired) electrons. The first-order valence-corrected chi connectivity index (χ1v) is 10.8. The molecule has 0 spiro atoms. The fraction of sp³-hybridized carbons (Fsp3) is 0.208. The number of ether oxygens (including phenoxy) is 1. The van der Waals surface area contributed by atoms with Gasteiger partial charge in [0.05, 0.1) is 17.8 Å². The predicted octanol–water partition coefficient (Wildman–Crippen LogP) is 5.21. The van der Waals surface area contributed by atoms with E-state index in [1.807, 2.05) is 67.9 Å². The molecule has 6 nitrogen and oxygen atoms in total. The lowest BCUT2D eigenvalue weighted by atomic mass is 10.1. The van der Waals surface area contributed by atoms with Gasteiger partial charge in [0, 0.05) is 29.4 Å². The van der Waals surface area contributed by atoms with Crippen molar-refractivity contribution in [3.63, 3.8) is 0 Å². The van der Waals surface area contributed by atoms with Crippen LogP contribution < -0.4 is 4.90 Å². The summed E-state index contributed by atoms with van der Waals surface area (Å²) >= 11 is 1.35. The highest BCUT2D eigenvalue weighted by Crippen LogP contribution is 2.32. The van der Waals surface area contributed by atoms with Gasteiger partial charge in [-0.05, 0) is 42.7 Å². The number of carbonyl (C=O) groups excluding carboxylic acids is 2. The lowest BCUT2D eigenvalue weighted by Crippen LogP contribution is -2.23. The summed E-state index contributed by atoms with van der Waals surface area (Å²) in [6.45, 7) is 5.58. The zero-order valence-electron chi connectivity index (χ0n) is 17.6. The normalized spacial score (nSPS) is 10.9. The lowest BCUT2D eigenvalue weighted by Gasteiger charge is -2.21. The third-order valence-corrected chi connectivity index (χ3v) is 6.13. The molecule has 1 N–H and O–H groups in total. The summed E-state index contributed by atoms with van der Waals surface area (Å²) in [6, 6.07) is 13.7. The number of para-hydroxylation sites is 1. The average Bonchev–Trinajstić information content (AvgIpc) is 3.37. The largest absolute Gasteiger partial charge is 0.459 e. The number of aromatic amines is 1. The van der Waals surface area contributed by atoms with Crippen LogP contribution in [0.25, 0.3) is 10.9 Å². The number of benzene rings is 2. The van der Waals surface area contributed by atoms with Gasteiger partial charge in [0.1, 0.15) is 6.61 Å². The number of aromatic nitrogens is 2. The van der Waals surface area contributed by atoms with Crippen LogP contribution in [-0.4, -0.2) is 21.8 Å². The Bertz CT molecular complexity index is 1260. The van der Waals surface area contributed by atoms with Gasteiger partial charge in [0.2, 0.25) is 5.91 Å². The van der Waals surface area contributed by atoms with Crippen molar-refractivity contribution in [3.8, 4) is 0 Å². The van der Waals surface area contributed by atoms with Crippen LogP contribution in [0.5, 0.6) is 0 Å². The number of nitrogens with zero attached hydrogens (tertiary/aromatic N) is 2. The highest BCUT2D eigenvalue weighted by Gasteiger charge is 2.20. The minimum absolute atomic E-state index is 0.0657. The molecule has 0 saturated heterocycles. The highest BCUT2D eigenvalue weighted by molar-refractivity contribution is 7.14. The molecule has 4 rings (SSSR count). The fourth-order valence-electron chi connectivity index (χ4n) is 3.49. The minimum atomic E-state index is -0.322. The third-order valence-electron chi connectivity index (χ3n) is 5.25. The number of rotatable bonds is 6. The molecule has 31 heavy (non-hydrogen) atoms. The topological polar surface area (TPSA) is 75.3 Å². The summed E-state index contributed by atoms with van der Waals surface area (Å²) in [6.07, 6.45) is 2.02. The Hall–Kier alpha value is -3.45. The second-order valence-corrected chi connectivity index (χ2v) is 8.23. The van der Waals surface area contributed by atoms with Crippen molar-refractivity contribution >= 4 is 44.9 Å². The van der Waals surface area contributed by atoms with Crippen molar-refractivity contribution in [2.45, 2.75) is 33.8 Å². The van der Waals surface area contributed by atoms with E-state index >= 15 is 0 Å². The molecule has 0 bridgehead atoms. The molecule has 2 aromatic heterocycles. The first-order chi connectivity index (χ1) is 14.9. The maximum absolute atomic E-state index is 12.4. The van der Waals surface area contributed by atoms with Crippen LogP contribution in [0.15, 0.2) is 54.0 Å². The SMILES string of the molecule is CC(=O)N(c1nc(COC(=O)Cc2c[nH]c3ccccc23)cs1)c1cccc(C)c1C. The van der Waals surface area contributed by atoms with Gasteiger partial charge < -0.3 is 9.72 Å². The Morgan fingerprint density at radius 3 is 2.74 bits per heavy atom. The van der Waals surface area contributed by atoms with Crippen molar-refractivity contribution in [1.82, 2.24) is 9.97 Å². The number of carbonyl (C=O) groups is 2. The number of hydrogen-bond donors (Lipinski definition) is 1. The Morgan fingerprint density at radius 1 is 1.13 bits per heavy atom. The van der Waals surface area contributed by atoms with Crippen LogP contribution in [0.4, 0.5) is 10.8 Å². The summed E-state index contributed by atoms with van der Waals surface area (Å²) in [5, 5.41) is 3.39. The van der Waals surface area contributed by atoms with Gasteiger partial charge in [-0.2, -0.15) is 0 Å². The van der Waals surface area contributed by atoms with Gasteiger partial charge in [-0.25, -0.2) is 4.98 Å². The molecule has 1 amide bonds. The van der Waals surface area contributed by atoms with E-state index in [1.54, 1.807) is 4.90 Å². The number of fused-ring (bicyclic) bond motifs is 1. The van der Waals surface area contributed by atoms with Gasteiger partial charge in [-0.3, -0.25) is 14.5 Å². The summed E-state index contributed by atoms with van der Waals surface area (Å²) in [5.41, 5.74) is 5.45. The third kappa shape index (κ3) is 4.36. The van der Waals surface area contributed by atoms with Crippen LogP contribution in [-0.2, 0) is 27.4 Å². The molecule has 158 valence electrons. The molecular formula is C24H23N3O3S. The fourth-order valence-corrected chi connectivity index (χ4v) is 4.35. The Labute approximate surface area is 184 Å². The Morgan fingerprint density at radius 2 is 1.94 bits per heavy atom. The number of amides is 1. The van der Waals surface area contributed by atoms with Gasteiger partial charge in [-0.1, -0.05) is 30.3 Å². The zero-order chi connectivity index (χ0) is 22.0. The van der Waals surface area contributed by atoms with Gasteiger partial charge in [-0.15, -0.1) is 11.3 Å². The lowest BCUT2D eigenvalue weighted by molar-refractivity contribution is -0.144. The maximum Gasteiger partial charge on any atom is 0.310 e. The molecule has 4 aromatic rings. The van der Waals surface area contributed by atoms with E-state index in [0.29, 0.717) is 10.8 Å². The quantitative estimate of drug-likeness (QED) is 0.424. The van der Waals surface area contributed by atoms with Crippen LogP contribution in [0.1, 0.15) is 29.3 Å². The number of H-pyrrole nitrogens is 1. The molecule has 0 aliphatic rings. The van der Waals surface area contributed by atoms with E-state index in [4.69, 9.17) is 4.74 Å². The van der Waals surface area contributed by atoms with Crippen molar-refractivity contribution in [2.75, 3.05) is 4.90 Å². The number of esters is 1. The highest BCUT2D eigenvalue weighted by atomic mass is 32.1. The van der Waals surface area contributed by atoms with E-state index in [9.17, 15) is 9.59 Å². The predicted molar refractivity (Wildman–Crippen MR) is 123 cm³/mol. The molecular weight excluding hydrogens is 410 g/mol. The van der Waals surface area contributed by atoms with E-state index in [-0.39, 0.29) is 24.9 Å². The maximum atomic E-state index is 12.4. The summed E-state index contributed by atoms with van der Waals surface area (Å²) in [5.74, 6) is -0.441. The molecule has 0 fully saturated rings. The summed E-state index contributed by atoms with van der Waals surface area (Å²) in [4.78, 5) is 34.0. The molecule has 0 aliphatic heterocycles. The van der Waals surface area contributed by atoms with Crippen LogP contribution in [0, 0.1) is 13.8 Å². The van der Waals surface area contributed by atoms with Crippen molar-refractivity contribution in [3.05, 3.63) is 76.4 Å². The van der Waals surface area contributed by atoms with Crippen LogP contribution in [0.3, 0.4) is 0 Å². The van der Waals surface area contributed by atoms with Gasteiger partial charge >= 0.3 is 5.97 Å². The smallest absolute Gasteiger partial charge is 0.310 e. The second kappa shape index (κ2) is 8.73. The molecule has 0 aliphatic carbocycles. The number of thiazole rings is 1. The second-order valence-electron chi connectivity index (χ2n) is 7.39. The first-order valence-electron chi connectivity index (χ1n) is 9.96. The number of aryl methyl sites for hydroxylation is 1. The molecule has 2 heterocycles. The van der Waals surface area contributed by atoms with Crippen molar-refractivity contribution in [1.29, 1.82) is 0 Å². The van der Waals surface area contributed by atoms with E-state index in [2.05, 4.69) is 9.97 Å². The Balaban J connectivity index is 1.45. The van der Waals surface area contributed by atoms with E-state index in [0.717, 1.165) is 33.3 Å². The monoisotopic (exact) mass is 433 g/mol. The number of anilines is 2. The zero-order valence-corrected chi connectivity index (χ0v) is 18.5.